The standard InChI is InChI=1S/C12H28N2/c1-6-8-12(9-13-7-2)14(5)10-11(3)4/h11-13H,6-10H2,1-5H3. The Morgan fingerprint density at radius 1 is 1.21 bits per heavy atom. The second kappa shape index (κ2) is 8.25. The van der Waals surface area contributed by atoms with E-state index < -0.39 is 0 Å². The van der Waals surface area contributed by atoms with Gasteiger partial charge in [0.15, 0.2) is 0 Å². The van der Waals surface area contributed by atoms with Crippen molar-refractivity contribution in [2.75, 3.05) is 26.7 Å². The molecule has 0 aliphatic rings. The first-order valence-electron chi connectivity index (χ1n) is 6.02. The molecule has 0 heterocycles. The lowest BCUT2D eigenvalue weighted by atomic mass is 10.1. The summed E-state index contributed by atoms with van der Waals surface area (Å²) in [5, 5.41) is 3.45. The van der Waals surface area contributed by atoms with Crippen molar-refractivity contribution in [3.05, 3.63) is 0 Å². The normalized spacial score (nSPS) is 13.9. The molecule has 0 saturated heterocycles. The molecule has 2 nitrogen and oxygen atoms in total. The van der Waals surface area contributed by atoms with E-state index >= 15 is 0 Å². The molecule has 0 aromatic carbocycles. The summed E-state index contributed by atoms with van der Waals surface area (Å²) >= 11 is 0. The third kappa shape index (κ3) is 6.39. The van der Waals surface area contributed by atoms with Crippen LogP contribution in [0, 0.1) is 5.92 Å². The molecule has 0 bridgehead atoms. The summed E-state index contributed by atoms with van der Waals surface area (Å²) in [5.41, 5.74) is 0. The summed E-state index contributed by atoms with van der Waals surface area (Å²) in [6, 6.07) is 0.711. The Hall–Kier alpha value is -0.0800. The van der Waals surface area contributed by atoms with Crippen molar-refractivity contribution in [2.45, 2.75) is 46.6 Å². The highest BCUT2D eigenvalue weighted by Gasteiger charge is 2.13. The molecule has 0 saturated carbocycles. The molecule has 0 radical (unpaired) electrons. The van der Waals surface area contributed by atoms with Crippen LogP contribution in [0.4, 0.5) is 0 Å². The lowest BCUT2D eigenvalue weighted by Crippen LogP contribution is -2.41. The molecule has 14 heavy (non-hydrogen) atoms. The molecule has 2 heteroatoms. The highest BCUT2D eigenvalue weighted by atomic mass is 15.1. The van der Waals surface area contributed by atoms with Crippen LogP contribution in [0.15, 0.2) is 0 Å². The predicted octanol–water partition coefficient (Wildman–Crippen LogP) is 2.35. The maximum atomic E-state index is 3.45. The number of likely N-dealkylation sites (N-methyl/N-ethyl adjacent to an activating group) is 2. The van der Waals surface area contributed by atoms with Gasteiger partial charge in [0.25, 0.3) is 0 Å². The number of hydrogen-bond acceptors (Lipinski definition) is 2. The molecule has 0 fully saturated rings. The minimum absolute atomic E-state index is 0.711. The Labute approximate surface area is 90.1 Å². The smallest absolute Gasteiger partial charge is 0.0217 e. The molecule has 0 aromatic heterocycles. The first kappa shape index (κ1) is 13.9. The van der Waals surface area contributed by atoms with Crippen molar-refractivity contribution in [3.63, 3.8) is 0 Å². The first-order valence-corrected chi connectivity index (χ1v) is 6.02. The van der Waals surface area contributed by atoms with Gasteiger partial charge >= 0.3 is 0 Å². The van der Waals surface area contributed by atoms with Crippen molar-refractivity contribution in [1.82, 2.24) is 10.2 Å². The summed E-state index contributed by atoms with van der Waals surface area (Å²) < 4.78 is 0. The van der Waals surface area contributed by atoms with Crippen LogP contribution in [0.1, 0.15) is 40.5 Å². The Balaban J connectivity index is 3.89. The maximum Gasteiger partial charge on any atom is 0.0217 e. The van der Waals surface area contributed by atoms with Crippen LogP contribution >= 0.6 is 0 Å². The van der Waals surface area contributed by atoms with Crippen molar-refractivity contribution >= 4 is 0 Å². The number of nitrogens with zero attached hydrogens (tertiary/aromatic N) is 1. The van der Waals surface area contributed by atoms with Crippen molar-refractivity contribution in [2.24, 2.45) is 5.92 Å². The van der Waals surface area contributed by atoms with Gasteiger partial charge in [-0.1, -0.05) is 34.1 Å². The van der Waals surface area contributed by atoms with Gasteiger partial charge in [0.2, 0.25) is 0 Å². The van der Waals surface area contributed by atoms with Crippen LogP contribution < -0.4 is 5.32 Å². The summed E-state index contributed by atoms with van der Waals surface area (Å²) in [4.78, 5) is 2.50. The van der Waals surface area contributed by atoms with Gasteiger partial charge in [0.05, 0.1) is 0 Å². The Kier molecular flexibility index (Phi) is 8.20. The molecule has 0 rings (SSSR count). The topological polar surface area (TPSA) is 15.3 Å². The highest BCUT2D eigenvalue weighted by molar-refractivity contribution is 4.71. The Bertz CT molecular complexity index is 123. The Morgan fingerprint density at radius 3 is 2.29 bits per heavy atom. The van der Waals surface area contributed by atoms with Gasteiger partial charge in [-0.3, -0.25) is 0 Å². The minimum atomic E-state index is 0.711. The second-order valence-electron chi connectivity index (χ2n) is 4.58. The fourth-order valence-electron chi connectivity index (χ4n) is 1.85. The van der Waals surface area contributed by atoms with Gasteiger partial charge in [0.1, 0.15) is 0 Å². The fraction of sp³-hybridized carbons (Fsp3) is 1.00. The van der Waals surface area contributed by atoms with Crippen LogP contribution in [-0.4, -0.2) is 37.6 Å². The molecule has 0 spiro atoms. The highest BCUT2D eigenvalue weighted by Crippen LogP contribution is 2.07. The zero-order valence-corrected chi connectivity index (χ0v) is 10.6. The zero-order valence-electron chi connectivity index (χ0n) is 10.6. The van der Waals surface area contributed by atoms with Crippen molar-refractivity contribution in [1.29, 1.82) is 0 Å². The van der Waals surface area contributed by atoms with E-state index in [0.717, 1.165) is 19.0 Å². The van der Waals surface area contributed by atoms with E-state index in [0.29, 0.717) is 6.04 Å². The number of hydrogen-bond donors (Lipinski definition) is 1. The SMILES string of the molecule is CCCC(CNCC)N(C)CC(C)C. The quantitative estimate of drug-likeness (QED) is 0.647. The van der Waals surface area contributed by atoms with Crippen LogP contribution in [0.2, 0.25) is 0 Å². The number of rotatable bonds is 8. The van der Waals surface area contributed by atoms with E-state index in [9.17, 15) is 0 Å². The third-order valence-corrected chi connectivity index (χ3v) is 2.53. The zero-order chi connectivity index (χ0) is 11.0. The largest absolute Gasteiger partial charge is 0.315 e. The summed E-state index contributed by atoms with van der Waals surface area (Å²) in [6.45, 7) is 12.4. The lowest BCUT2D eigenvalue weighted by molar-refractivity contribution is 0.202. The first-order chi connectivity index (χ1) is 6.61. The lowest BCUT2D eigenvalue weighted by Gasteiger charge is -2.29. The molecule has 0 amide bonds. The summed E-state index contributed by atoms with van der Waals surface area (Å²) in [6.07, 6.45) is 2.58. The average Bonchev–Trinajstić information content (AvgIpc) is 2.10. The third-order valence-electron chi connectivity index (χ3n) is 2.53. The fourth-order valence-corrected chi connectivity index (χ4v) is 1.85. The minimum Gasteiger partial charge on any atom is -0.315 e. The van der Waals surface area contributed by atoms with Crippen LogP contribution in [0.3, 0.4) is 0 Å². The predicted molar refractivity (Wildman–Crippen MR) is 64.7 cm³/mol. The van der Waals surface area contributed by atoms with Gasteiger partial charge in [-0.05, 0) is 25.9 Å². The van der Waals surface area contributed by atoms with Crippen LogP contribution in [-0.2, 0) is 0 Å². The van der Waals surface area contributed by atoms with Crippen LogP contribution in [0.25, 0.3) is 0 Å². The van der Waals surface area contributed by atoms with E-state index in [2.05, 4.69) is 45.0 Å². The van der Waals surface area contributed by atoms with Gasteiger partial charge in [0, 0.05) is 19.1 Å². The van der Waals surface area contributed by atoms with Gasteiger partial charge < -0.3 is 10.2 Å². The van der Waals surface area contributed by atoms with Gasteiger partial charge in [-0.15, -0.1) is 0 Å². The maximum absolute atomic E-state index is 3.45. The molecule has 0 aliphatic heterocycles. The summed E-state index contributed by atoms with van der Waals surface area (Å²) in [7, 11) is 2.25. The van der Waals surface area contributed by atoms with E-state index in [1.165, 1.54) is 19.4 Å². The molecule has 1 unspecified atom stereocenters. The molecule has 0 aromatic rings. The summed E-state index contributed by atoms with van der Waals surface area (Å²) in [5.74, 6) is 0.765. The molecule has 86 valence electrons. The van der Waals surface area contributed by atoms with Gasteiger partial charge in [-0.2, -0.15) is 0 Å². The van der Waals surface area contributed by atoms with E-state index in [1.54, 1.807) is 0 Å². The Morgan fingerprint density at radius 2 is 1.86 bits per heavy atom. The van der Waals surface area contributed by atoms with E-state index in [-0.39, 0.29) is 0 Å². The monoisotopic (exact) mass is 200 g/mol. The van der Waals surface area contributed by atoms with Crippen molar-refractivity contribution < 1.29 is 0 Å². The molecule has 1 atom stereocenters. The van der Waals surface area contributed by atoms with E-state index in [1.807, 2.05) is 0 Å². The van der Waals surface area contributed by atoms with Crippen LogP contribution in [0.5, 0.6) is 0 Å². The van der Waals surface area contributed by atoms with Crippen molar-refractivity contribution in [3.8, 4) is 0 Å². The van der Waals surface area contributed by atoms with E-state index in [4.69, 9.17) is 0 Å². The van der Waals surface area contributed by atoms with Gasteiger partial charge in [-0.25, -0.2) is 0 Å². The molecule has 1 N–H and O–H groups in total. The second-order valence-corrected chi connectivity index (χ2v) is 4.58. The molecular weight excluding hydrogens is 172 g/mol. The average molecular weight is 200 g/mol. The molecule has 0 aliphatic carbocycles. The molecular formula is C12H28N2. The number of nitrogens with one attached hydrogen (secondary N) is 1.